The van der Waals surface area contributed by atoms with Crippen molar-refractivity contribution in [2.45, 2.75) is 12.8 Å². The number of nitrogens with zero attached hydrogens (tertiary/aromatic N) is 2. The maximum absolute atomic E-state index is 12.3. The molecular formula is C15H21N3O3. The van der Waals surface area contributed by atoms with Crippen LogP contribution in [-0.2, 0) is 4.79 Å². The quantitative estimate of drug-likeness (QED) is 0.839. The molecule has 21 heavy (non-hydrogen) atoms. The Morgan fingerprint density at radius 2 is 2.00 bits per heavy atom. The van der Waals surface area contributed by atoms with E-state index in [9.17, 15) is 9.59 Å². The smallest absolute Gasteiger partial charge is 0.256 e. The number of anilines is 1. The van der Waals surface area contributed by atoms with Crippen molar-refractivity contribution in [3.63, 3.8) is 0 Å². The van der Waals surface area contributed by atoms with Gasteiger partial charge in [-0.3, -0.25) is 9.59 Å². The second-order valence-electron chi connectivity index (χ2n) is 5.20. The summed E-state index contributed by atoms with van der Waals surface area (Å²) in [6.45, 7) is 1.64. The van der Waals surface area contributed by atoms with E-state index in [0.717, 1.165) is 25.9 Å². The number of carbonyl (C=O) groups is 2. The molecule has 1 aromatic rings. The Morgan fingerprint density at radius 3 is 2.57 bits per heavy atom. The molecule has 1 saturated heterocycles. The molecule has 1 fully saturated rings. The van der Waals surface area contributed by atoms with Crippen LogP contribution >= 0.6 is 0 Å². The highest BCUT2D eigenvalue weighted by atomic mass is 16.5. The molecule has 0 aromatic heterocycles. The summed E-state index contributed by atoms with van der Waals surface area (Å²) in [5.74, 6) is 0.318. The van der Waals surface area contributed by atoms with Crippen LogP contribution in [0, 0.1) is 0 Å². The normalized spacial score (nSPS) is 14.1. The number of likely N-dealkylation sites (tertiary alicyclic amines) is 1. The standard InChI is InChI=1S/C15H21N3O3/c1-17(10-14(19)18-7-3-4-8-18)15(20)12-6-5-11(21-2)9-13(12)16/h5-6,9H,3-4,7-8,10,16H2,1-2H3. The van der Waals surface area contributed by atoms with Gasteiger partial charge in [-0.15, -0.1) is 0 Å². The molecular weight excluding hydrogens is 270 g/mol. The molecule has 1 aliphatic rings. The molecule has 114 valence electrons. The van der Waals surface area contributed by atoms with Gasteiger partial charge in [0.25, 0.3) is 5.91 Å². The molecule has 0 atom stereocenters. The maximum atomic E-state index is 12.3. The summed E-state index contributed by atoms with van der Waals surface area (Å²) in [6, 6.07) is 4.90. The van der Waals surface area contributed by atoms with Gasteiger partial charge in [0.1, 0.15) is 5.75 Å². The van der Waals surface area contributed by atoms with Crippen molar-refractivity contribution in [2.75, 3.05) is 39.5 Å². The zero-order valence-corrected chi connectivity index (χ0v) is 12.5. The lowest BCUT2D eigenvalue weighted by Gasteiger charge is -2.22. The van der Waals surface area contributed by atoms with Gasteiger partial charge < -0.3 is 20.3 Å². The average molecular weight is 291 g/mol. The van der Waals surface area contributed by atoms with E-state index in [0.29, 0.717) is 17.0 Å². The van der Waals surface area contributed by atoms with Crippen molar-refractivity contribution in [3.8, 4) is 5.75 Å². The molecule has 1 aliphatic heterocycles. The van der Waals surface area contributed by atoms with Crippen LogP contribution in [-0.4, -0.2) is 55.4 Å². The van der Waals surface area contributed by atoms with Gasteiger partial charge in [0.15, 0.2) is 0 Å². The first-order valence-corrected chi connectivity index (χ1v) is 6.99. The fraction of sp³-hybridized carbons (Fsp3) is 0.467. The lowest BCUT2D eigenvalue weighted by atomic mass is 10.1. The van der Waals surface area contributed by atoms with Crippen molar-refractivity contribution < 1.29 is 14.3 Å². The molecule has 0 spiro atoms. The van der Waals surface area contributed by atoms with E-state index < -0.39 is 0 Å². The van der Waals surface area contributed by atoms with E-state index >= 15 is 0 Å². The van der Waals surface area contributed by atoms with Crippen molar-refractivity contribution >= 4 is 17.5 Å². The fourth-order valence-electron chi connectivity index (χ4n) is 2.41. The number of amides is 2. The van der Waals surface area contributed by atoms with Gasteiger partial charge in [-0.1, -0.05) is 0 Å². The minimum Gasteiger partial charge on any atom is -0.497 e. The summed E-state index contributed by atoms with van der Waals surface area (Å²) < 4.78 is 5.06. The molecule has 6 heteroatoms. The Bertz CT molecular complexity index is 539. The number of nitrogen functional groups attached to an aromatic ring is 1. The molecule has 1 aromatic carbocycles. The molecule has 2 rings (SSSR count). The molecule has 0 unspecified atom stereocenters. The van der Waals surface area contributed by atoms with Crippen LogP contribution in [0.1, 0.15) is 23.2 Å². The van der Waals surface area contributed by atoms with Gasteiger partial charge in [0.05, 0.1) is 19.2 Å². The Kier molecular flexibility index (Phi) is 4.67. The predicted molar refractivity (Wildman–Crippen MR) is 80.2 cm³/mol. The number of nitrogens with two attached hydrogens (primary N) is 1. The minimum atomic E-state index is -0.261. The summed E-state index contributed by atoms with van der Waals surface area (Å²) in [7, 11) is 3.15. The van der Waals surface area contributed by atoms with Crippen molar-refractivity contribution in [1.29, 1.82) is 0 Å². The van der Waals surface area contributed by atoms with Crippen molar-refractivity contribution in [1.82, 2.24) is 9.80 Å². The Labute approximate surface area is 124 Å². The van der Waals surface area contributed by atoms with E-state index in [1.54, 1.807) is 30.1 Å². The number of likely N-dealkylation sites (N-methyl/N-ethyl adjacent to an activating group) is 1. The van der Waals surface area contributed by atoms with Gasteiger partial charge >= 0.3 is 0 Å². The molecule has 0 aliphatic carbocycles. The largest absolute Gasteiger partial charge is 0.497 e. The van der Waals surface area contributed by atoms with Crippen LogP contribution in [0.5, 0.6) is 5.75 Å². The summed E-state index contributed by atoms with van der Waals surface area (Å²) in [6.07, 6.45) is 2.07. The van der Waals surface area contributed by atoms with E-state index in [-0.39, 0.29) is 18.4 Å². The number of benzene rings is 1. The Balaban J connectivity index is 2.03. The highest BCUT2D eigenvalue weighted by molar-refractivity contribution is 6.00. The van der Waals surface area contributed by atoms with Gasteiger partial charge in [-0.05, 0) is 25.0 Å². The maximum Gasteiger partial charge on any atom is 0.256 e. The molecule has 2 N–H and O–H groups in total. The van der Waals surface area contributed by atoms with Crippen LogP contribution < -0.4 is 10.5 Å². The zero-order valence-electron chi connectivity index (χ0n) is 12.5. The monoisotopic (exact) mass is 291 g/mol. The first-order chi connectivity index (χ1) is 10.0. The first kappa shape index (κ1) is 15.2. The second kappa shape index (κ2) is 6.47. The van der Waals surface area contributed by atoms with Gasteiger partial charge in [-0.25, -0.2) is 0 Å². The lowest BCUT2D eigenvalue weighted by molar-refractivity contribution is -0.130. The molecule has 0 saturated carbocycles. The van der Waals surface area contributed by atoms with Crippen LogP contribution in [0.15, 0.2) is 18.2 Å². The molecule has 0 bridgehead atoms. The minimum absolute atomic E-state index is 0.0181. The van der Waals surface area contributed by atoms with E-state index in [1.165, 1.54) is 12.0 Å². The third kappa shape index (κ3) is 3.45. The summed E-state index contributed by atoms with van der Waals surface area (Å²) in [4.78, 5) is 27.6. The van der Waals surface area contributed by atoms with E-state index in [4.69, 9.17) is 10.5 Å². The summed E-state index contributed by atoms with van der Waals surface area (Å²) >= 11 is 0. The topological polar surface area (TPSA) is 75.9 Å². The predicted octanol–water partition coefficient (Wildman–Crippen LogP) is 0.972. The number of rotatable bonds is 4. The summed E-state index contributed by atoms with van der Waals surface area (Å²) in [5, 5.41) is 0. The van der Waals surface area contributed by atoms with Crippen LogP contribution in [0.4, 0.5) is 5.69 Å². The van der Waals surface area contributed by atoms with Crippen molar-refractivity contribution in [2.24, 2.45) is 0 Å². The van der Waals surface area contributed by atoms with Crippen LogP contribution in [0.2, 0.25) is 0 Å². The van der Waals surface area contributed by atoms with Gasteiger partial charge in [0.2, 0.25) is 5.91 Å². The number of ether oxygens (including phenoxy) is 1. The lowest BCUT2D eigenvalue weighted by Crippen LogP contribution is -2.40. The number of hydrogen-bond acceptors (Lipinski definition) is 4. The molecule has 2 amide bonds. The van der Waals surface area contributed by atoms with Gasteiger partial charge in [0, 0.05) is 31.9 Å². The fourth-order valence-corrected chi connectivity index (χ4v) is 2.41. The SMILES string of the molecule is COc1ccc(C(=O)N(C)CC(=O)N2CCCC2)c(N)c1. The van der Waals surface area contributed by atoms with Gasteiger partial charge in [-0.2, -0.15) is 0 Å². The average Bonchev–Trinajstić information content (AvgIpc) is 3.00. The first-order valence-electron chi connectivity index (χ1n) is 6.99. The zero-order chi connectivity index (χ0) is 15.4. The summed E-state index contributed by atoms with van der Waals surface area (Å²) in [5.41, 5.74) is 6.59. The van der Waals surface area contributed by atoms with Crippen LogP contribution in [0.25, 0.3) is 0 Å². The second-order valence-corrected chi connectivity index (χ2v) is 5.20. The Hall–Kier alpha value is -2.24. The van der Waals surface area contributed by atoms with Crippen molar-refractivity contribution in [3.05, 3.63) is 23.8 Å². The number of hydrogen-bond donors (Lipinski definition) is 1. The molecule has 1 heterocycles. The molecule has 6 nitrogen and oxygen atoms in total. The molecule has 0 radical (unpaired) electrons. The third-order valence-electron chi connectivity index (χ3n) is 3.67. The van der Waals surface area contributed by atoms with E-state index in [1.807, 2.05) is 0 Å². The van der Waals surface area contributed by atoms with Crippen LogP contribution in [0.3, 0.4) is 0 Å². The third-order valence-corrected chi connectivity index (χ3v) is 3.67. The highest BCUT2D eigenvalue weighted by Crippen LogP contribution is 2.20. The number of carbonyl (C=O) groups excluding carboxylic acids is 2. The number of methoxy groups -OCH3 is 1. The highest BCUT2D eigenvalue weighted by Gasteiger charge is 2.22. The Morgan fingerprint density at radius 1 is 1.33 bits per heavy atom. The van der Waals surface area contributed by atoms with E-state index in [2.05, 4.69) is 0 Å².